The van der Waals surface area contributed by atoms with Crippen molar-refractivity contribution in [1.82, 2.24) is 0 Å². The van der Waals surface area contributed by atoms with Gasteiger partial charge in [-0.15, -0.1) is 0 Å². The lowest BCUT2D eigenvalue weighted by Crippen LogP contribution is -2.31. The molecular formula is C11H22O4. The number of hydrogen-bond donors (Lipinski definition) is 0. The van der Waals surface area contributed by atoms with Crippen LogP contribution in [0.3, 0.4) is 0 Å². The summed E-state index contributed by atoms with van der Waals surface area (Å²) in [5, 5.41) is 0. The van der Waals surface area contributed by atoms with Crippen molar-refractivity contribution in [3.8, 4) is 0 Å². The first-order valence-corrected chi connectivity index (χ1v) is 5.55. The van der Waals surface area contributed by atoms with Crippen molar-refractivity contribution in [3.63, 3.8) is 0 Å². The Morgan fingerprint density at radius 1 is 1.07 bits per heavy atom. The third-order valence-corrected chi connectivity index (χ3v) is 1.49. The van der Waals surface area contributed by atoms with Gasteiger partial charge < -0.3 is 14.2 Å². The van der Waals surface area contributed by atoms with Crippen LogP contribution in [0.25, 0.3) is 0 Å². The molecule has 0 atom stereocenters. The van der Waals surface area contributed by atoms with E-state index in [-0.39, 0.29) is 6.10 Å². The van der Waals surface area contributed by atoms with E-state index in [2.05, 4.69) is 0 Å². The van der Waals surface area contributed by atoms with Crippen LogP contribution in [0.15, 0.2) is 0 Å². The van der Waals surface area contributed by atoms with Gasteiger partial charge in [0, 0.05) is 0 Å². The zero-order valence-electron chi connectivity index (χ0n) is 10.1. The topological polar surface area (TPSA) is 44.8 Å². The number of esters is 1. The lowest BCUT2D eigenvalue weighted by Gasteiger charge is -2.18. The Balaban J connectivity index is 4.01. The maximum atomic E-state index is 11.5. The van der Waals surface area contributed by atoms with Gasteiger partial charge in [0.25, 0.3) is 6.29 Å². The molecule has 4 heteroatoms. The first-order valence-electron chi connectivity index (χ1n) is 5.55. The van der Waals surface area contributed by atoms with Crippen LogP contribution in [0.5, 0.6) is 0 Å². The summed E-state index contributed by atoms with van der Waals surface area (Å²) in [6.45, 7) is 8.56. The van der Waals surface area contributed by atoms with E-state index in [9.17, 15) is 4.79 Å². The Kier molecular flexibility index (Phi) is 8.33. The Labute approximate surface area is 91.9 Å². The zero-order chi connectivity index (χ0) is 11.7. The summed E-state index contributed by atoms with van der Waals surface area (Å²) in [4.78, 5) is 11.5. The van der Waals surface area contributed by atoms with Gasteiger partial charge in [-0.1, -0.05) is 13.8 Å². The molecule has 0 aliphatic carbocycles. The van der Waals surface area contributed by atoms with Gasteiger partial charge in [-0.3, -0.25) is 0 Å². The van der Waals surface area contributed by atoms with Gasteiger partial charge in [0.2, 0.25) is 0 Å². The summed E-state index contributed by atoms with van der Waals surface area (Å²) in [6, 6.07) is 0. The van der Waals surface area contributed by atoms with Gasteiger partial charge in [-0.2, -0.15) is 0 Å². The van der Waals surface area contributed by atoms with Crippen LogP contribution in [0.1, 0.15) is 40.5 Å². The smallest absolute Gasteiger partial charge is 0.363 e. The molecule has 0 saturated carbocycles. The molecular weight excluding hydrogens is 196 g/mol. The highest BCUT2D eigenvalue weighted by molar-refractivity contribution is 5.73. The minimum Gasteiger partial charge on any atom is -0.459 e. The molecule has 0 fully saturated rings. The summed E-state index contributed by atoms with van der Waals surface area (Å²) in [5.41, 5.74) is 0. The van der Waals surface area contributed by atoms with E-state index < -0.39 is 12.3 Å². The van der Waals surface area contributed by atoms with E-state index in [0.29, 0.717) is 13.2 Å². The van der Waals surface area contributed by atoms with Crippen molar-refractivity contribution >= 4 is 5.97 Å². The molecule has 0 aromatic heterocycles. The van der Waals surface area contributed by atoms with Crippen molar-refractivity contribution in [1.29, 1.82) is 0 Å². The fraction of sp³-hybridized carbons (Fsp3) is 0.909. The molecule has 4 nitrogen and oxygen atoms in total. The SMILES string of the molecule is CCCOC(OCCC)C(=O)OC(C)C. The highest BCUT2D eigenvalue weighted by atomic mass is 16.7. The second-order valence-electron chi connectivity index (χ2n) is 3.56. The molecule has 15 heavy (non-hydrogen) atoms. The van der Waals surface area contributed by atoms with E-state index >= 15 is 0 Å². The molecule has 0 unspecified atom stereocenters. The molecule has 0 spiro atoms. The average molecular weight is 218 g/mol. The standard InChI is InChI=1S/C11H22O4/c1-5-7-13-11(14-8-6-2)10(12)15-9(3)4/h9,11H,5-8H2,1-4H3. The van der Waals surface area contributed by atoms with Crippen molar-refractivity contribution < 1.29 is 19.0 Å². The van der Waals surface area contributed by atoms with Gasteiger partial charge >= 0.3 is 5.97 Å². The second-order valence-corrected chi connectivity index (χ2v) is 3.56. The zero-order valence-corrected chi connectivity index (χ0v) is 10.1. The third-order valence-electron chi connectivity index (χ3n) is 1.49. The van der Waals surface area contributed by atoms with Gasteiger partial charge in [-0.25, -0.2) is 4.79 Å². The van der Waals surface area contributed by atoms with Crippen molar-refractivity contribution in [2.45, 2.75) is 52.9 Å². The monoisotopic (exact) mass is 218 g/mol. The minimum absolute atomic E-state index is 0.143. The molecule has 0 aromatic rings. The number of ether oxygens (including phenoxy) is 3. The van der Waals surface area contributed by atoms with Crippen LogP contribution in [0.4, 0.5) is 0 Å². The number of carbonyl (C=O) groups excluding carboxylic acids is 1. The van der Waals surface area contributed by atoms with Crippen LogP contribution >= 0.6 is 0 Å². The van der Waals surface area contributed by atoms with Crippen molar-refractivity contribution in [2.24, 2.45) is 0 Å². The summed E-state index contributed by atoms with van der Waals surface area (Å²) >= 11 is 0. The lowest BCUT2D eigenvalue weighted by atomic mass is 10.4. The van der Waals surface area contributed by atoms with E-state index in [4.69, 9.17) is 14.2 Å². The van der Waals surface area contributed by atoms with E-state index in [1.165, 1.54) is 0 Å². The molecule has 0 rings (SSSR count). The van der Waals surface area contributed by atoms with Gasteiger partial charge in [-0.05, 0) is 26.7 Å². The van der Waals surface area contributed by atoms with Crippen LogP contribution < -0.4 is 0 Å². The molecule has 0 amide bonds. The number of carbonyl (C=O) groups is 1. The van der Waals surface area contributed by atoms with Crippen LogP contribution in [-0.4, -0.2) is 31.6 Å². The molecule has 0 heterocycles. The van der Waals surface area contributed by atoms with E-state index in [1.807, 2.05) is 13.8 Å². The summed E-state index contributed by atoms with van der Waals surface area (Å²) in [6.07, 6.45) is 0.685. The summed E-state index contributed by atoms with van der Waals surface area (Å²) < 4.78 is 15.5. The Bertz CT molecular complexity index is 160. The largest absolute Gasteiger partial charge is 0.459 e. The predicted octanol–water partition coefficient (Wildman–Crippen LogP) is 2.12. The van der Waals surface area contributed by atoms with Crippen LogP contribution in [0.2, 0.25) is 0 Å². The first kappa shape index (κ1) is 14.4. The lowest BCUT2D eigenvalue weighted by molar-refractivity contribution is -0.198. The molecule has 0 saturated heterocycles. The maximum Gasteiger partial charge on any atom is 0.363 e. The van der Waals surface area contributed by atoms with Gasteiger partial charge in [0.1, 0.15) is 0 Å². The maximum absolute atomic E-state index is 11.5. The first-order chi connectivity index (χ1) is 7.11. The molecule has 0 aromatic carbocycles. The number of rotatable bonds is 8. The molecule has 0 aliphatic rings. The Hall–Kier alpha value is -0.610. The van der Waals surface area contributed by atoms with E-state index in [0.717, 1.165) is 12.8 Å². The molecule has 0 aliphatic heterocycles. The minimum atomic E-state index is -0.868. The van der Waals surface area contributed by atoms with Crippen LogP contribution in [0, 0.1) is 0 Å². The second kappa shape index (κ2) is 8.68. The highest BCUT2D eigenvalue weighted by Gasteiger charge is 2.21. The van der Waals surface area contributed by atoms with Crippen molar-refractivity contribution in [3.05, 3.63) is 0 Å². The average Bonchev–Trinajstić information content (AvgIpc) is 2.17. The van der Waals surface area contributed by atoms with Gasteiger partial charge in [0.05, 0.1) is 19.3 Å². The molecule has 0 radical (unpaired) electrons. The van der Waals surface area contributed by atoms with Gasteiger partial charge in [0.15, 0.2) is 0 Å². The fourth-order valence-corrected chi connectivity index (χ4v) is 0.922. The Morgan fingerprint density at radius 2 is 1.53 bits per heavy atom. The summed E-state index contributed by atoms with van der Waals surface area (Å²) in [5.74, 6) is -0.438. The third kappa shape index (κ3) is 7.33. The molecule has 0 N–H and O–H groups in total. The predicted molar refractivity (Wildman–Crippen MR) is 57.5 cm³/mol. The number of hydrogen-bond acceptors (Lipinski definition) is 4. The fourth-order valence-electron chi connectivity index (χ4n) is 0.922. The summed E-state index contributed by atoms with van der Waals surface area (Å²) in [7, 11) is 0. The Morgan fingerprint density at radius 3 is 1.87 bits per heavy atom. The molecule has 90 valence electrons. The van der Waals surface area contributed by atoms with Crippen LogP contribution in [-0.2, 0) is 19.0 Å². The quantitative estimate of drug-likeness (QED) is 0.462. The van der Waals surface area contributed by atoms with Crippen molar-refractivity contribution in [2.75, 3.05) is 13.2 Å². The van der Waals surface area contributed by atoms with E-state index in [1.54, 1.807) is 13.8 Å². The normalized spacial score (nSPS) is 11.1. The highest BCUT2D eigenvalue weighted by Crippen LogP contribution is 2.03. The molecule has 0 bridgehead atoms.